The molecular weight excluding hydrogens is 400 g/mol. The van der Waals surface area contributed by atoms with Crippen LogP contribution in [0.15, 0.2) is 24.3 Å². The van der Waals surface area contributed by atoms with E-state index in [-0.39, 0.29) is 6.42 Å². The number of hydrogen-bond donors (Lipinski definition) is 0. The predicted molar refractivity (Wildman–Crippen MR) is 101 cm³/mol. The summed E-state index contributed by atoms with van der Waals surface area (Å²) in [6.45, 7) is 6.40. The first-order chi connectivity index (χ1) is 14.0. The van der Waals surface area contributed by atoms with Crippen molar-refractivity contribution in [2.45, 2.75) is 71.6 Å². The molecular formula is C20H26O10. The number of hydrogen-bond acceptors (Lipinski definition) is 10. The van der Waals surface area contributed by atoms with Gasteiger partial charge in [-0.05, 0) is 25.2 Å². The lowest BCUT2D eigenvalue weighted by Crippen LogP contribution is -2.38. The summed E-state index contributed by atoms with van der Waals surface area (Å²) in [5, 5.41) is 0. The molecule has 0 radical (unpaired) electrons. The highest BCUT2D eigenvalue weighted by Gasteiger charge is 2.31. The molecule has 0 saturated heterocycles. The number of carbonyl (C=O) groups excluding carboxylic acids is 5. The van der Waals surface area contributed by atoms with Crippen LogP contribution in [0.2, 0.25) is 0 Å². The molecule has 0 N–H and O–H groups in total. The van der Waals surface area contributed by atoms with Crippen molar-refractivity contribution < 1.29 is 47.7 Å². The maximum atomic E-state index is 11.6. The van der Waals surface area contributed by atoms with E-state index in [4.69, 9.17) is 23.7 Å². The van der Waals surface area contributed by atoms with Crippen molar-refractivity contribution in [2.75, 3.05) is 0 Å². The highest BCUT2D eigenvalue weighted by molar-refractivity contribution is 5.83. The zero-order chi connectivity index (χ0) is 22.8. The van der Waals surface area contributed by atoms with Crippen LogP contribution in [-0.2, 0) is 47.7 Å². The molecule has 166 valence electrons. The number of carbonyl (C=O) groups is 5. The standard InChI is InChI=1S/C20H26O10/c1-11(26-12(2)21)10-19(29-15(5)24)18(28-14(4)23)7-6-17-16(27-13(3)22)8-9-20(25)30-17/h6-9,11,16-19H,10H2,1-5H3/b7-6-/t11-,16+,17+,18+,19+/m1/s1. The van der Waals surface area contributed by atoms with E-state index in [1.807, 2.05) is 0 Å². The summed E-state index contributed by atoms with van der Waals surface area (Å²) < 4.78 is 25.8. The second-order valence-corrected chi connectivity index (χ2v) is 6.60. The van der Waals surface area contributed by atoms with Crippen molar-refractivity contribution >= 4 is 29.8 Å². The van der Waals surface area contributed by atoms with Crippen LogP contribution >= 0.6 is 0 Å². The predicted octanol–water partition coefficient (Wildman–Crippen LogP) is 1.16. The Morgan fingerprint density at radius 2 is 1.60 bits per heavy atom. The Hall–Kier alpha value is -3.17. The number of ether oxygens (including phenoxy) is 5. The topological polar surface area (TPSA) is 132 Å². The first-order valence-corrected chi connectivity index (χ1v) is 9.24. The van der Waals surface area contributed by atoms with E-state index < -0.39 is 60.4 Å². The first kappa shape index (κ1) is 24.9. The van der Waals surface area contributed by atoms with Gasteiger partial charge in [0, 0.05) is 40.2 Å². The zero-order valence-electron chi connectivity index (χ0n) is 17.5. The van der Waals surface area contributed by atoms with Gasteiger partial charge in [0.15, 0.2) is 18.3 Å². The average molecular weight is 426 g/mol. The molecule has 10 heteroatoms. The van der Waals surface area contributed by atoms with E-state index in [0.717, 1.165) is 6.08 Å². The summed E-state index contributed by atoms with van der Waals surface area (Å²) in [5.74, 6) is -3.03. The van der Waals surface area contributed by atoms with Crippen LogP contribution in [-0.4, -0.2) is 60.4 Å². The van der Waals surface area contributed by atoms with Gasteiger partial charge in [-0.15, -0.1) is 0 Å². The van der Waals surface area contributed by atoms with Gasteiger partial charge in [0.1, 0.15) is 12.2 Å². The molecule has 0 bridgehead atoms. The summed E-state index contributed by atoms with van der Waals surface area (Å²) in [7, 11) is 0. The molecule has 0 amide bonds. The Morgan fingerprint density at radius 3 is 2.13 bits per heavy atom. The minimum absolute atomic E-state index is 0.0409. The SMILES string of the molecule is CC(=O)O[C@H](C)C[C@H](OC(C)=O)[C@H](/C=C\[C@@H]1OC(=O)C=C[C@@H]1OC(C)=O)OC(C)=O. The van der Waals surface area contributed by atoms with E-state index in [0.29, 0.717) is 0 Å². The normalized spacial score (nSPS) is 21.2. The molecule has 0 unspecified atom stereocenters. The van der Waals surface area contributed by atoms with Gasteiger partial charge in [0.05, 0.1) is 0 Å². The second-order valence-electron chi connectivity index (χ2n) is 6.60. The van der Waals surface area contributed by atoms with Crippen LogP contribution in [0.3, 0.4) is 0 Å². The minimum atomic E-state index is -1.08. The molecule has 0 spiro atoms. The van der Waals surface area contributed by atoms with Crippen LogP contribution in [0.25, 0.3) is 0 Å². The maximum Gasteiger partial charge on any atom is 0.331 e. The average Bonchev–Trinajstić information content (AvgIpc) is 2.58. The molecule has 0 fully saturated rings. The maximum absolute atomic E-state index is 11.6. The quantitative estimate of drug-likeness (QED) is 0.300. The fourth-order valence-electron chi connectivity index (χ4n) is 2.74. The lowest BCUT2D eigenvalue weighted by molar-refractivity contribution is -0.166. The third-order valence-electron chi connectivity index (χ3n) is 3.71. The molecule has 0 saturated carbocycles. The van der Waals surface area contributed by atoms with Crippen molar-refractivity contribution in [3.05, 3.63) is 24.3 Å². The lowest BCUT2D eigenvalue weighted by atomic mass is 10.0. The Kier molecular flexibility index (Phi) is 9.73. The molecule has 1 aliphatic heterocycles. The van der Waals surface area contributed by atoms with E-state index >= 15 is 0 Å². The molecule has 30 heavy (non-hydrogen) atoms. The molecule has 5 atom stereocenters. The fourth-order valence-corrected chi connectivity index (χ4v) is 2.74. The lowest BCUT2D eigenvalue weighted by Gasteiger charge is -2.28. The molecule has 1 heterocycles. The Labute approximate surface area is 174 Å². The van der Waals surface area contributed by atoms with Crippen molar-refractivity contribution in [1.82, 2.24) is 0 Å². The van der Waals surface area contributed by atoms with Crippen molar-refractivity contribution in [3.8, 4) is 0 Å². The van der Waals surface area contributed by atoms with Crippen LogP contribution in [0, 0.1) is 0 Å². The van der Waals surface area contributed by atoms with Gasteiger partial charge >= 0.3 is 29.8 Å². The van der Waals surface area contributed by atoms with Crippen molar-refractivity contribution in [3.63, 3.8) is 0 Å². The third-order valence-corrected chi connectivity index (χ3v) is 3.71. The van der Waals surface area contributed by atoms with Crippen LogP contribution < -0.4 is 0 Å². The zero-order valence-corrected chi connectivity index (χ0v) is 17.5. The Morgan fingerprint density at radius 1 is 1.00 bits per heavy atom. The van der Waals surface area contributed by atoms with E-state index in [1.165, 1.54) is 45.9 Å². The molecule has 10 nitrogen and oxygen atoms in total. The summed E-state index contributed by atoms with van der Waals surface area (Å²) in [5.41, 5.74) is 0. The summed E-state index contributed by atoms with van der Waals surface area (Å²) in [6, 6.07) is 0. The molecule has 1 rings (SSSR count). The van der Waals surface area contributed by atoms with E-state index in [9.17, 15) is 24.0 Å². The summed E-state index contributed by atoms with van der Waals surface area (Å²) in [4.78, 5) is 57.1. The van der Waals surface area contributed by atoms with E-state index in [1.54, 1.807) is 6.92 Å². The second kappa shape index (κ2) is 11.7. The number of esters is 5. The molecule has 0 aromatic rings. The van der Waals surface area contributed by atoms with Gasteiger partial charge in [-0.1, -0.05) is 0 Å². The van der Waals surface area contributed by atoms with Gasteiger partial charge in [-0.25, -0.2) is 4.79 Å². The van der Waals surface area contributed by atoms with Crippen LogP contribution in [0.1, 0.15) is 41.0 Å². The molecule has 0 aromatic heterocycles. The molecule has 1 aliphatic rings. The number of cyclic esters (lactones) is 1. The van der Waals surface area contributed by atoms with Gasteiger partial charge in [-0.3, -0.25) is 19.2 Å². The highest BCUT2D eigenvalue weighted by atomic mass is 16.6. The van der Waals surface area contributed by atoms with Gasteiger partial charge < -0.3 is 23.7 Å². The summed E-state index contributed by atoms with van der Waals surface area (Å²) in [6.07, 6.45) is 0.723. The van der Waals surface area contributed by atoms with E-state index in [2.05, 4.69) is 0 Å². The third kappa shape index (κ3) is 9.35. The van der Waals surface area contributed by atoms with Crippen LogP contribution in [0.5, 0.6) is 0 Å². The highest BCUT2D eigenvalue weighted by Crippen LogP contribution is 2.19. The van der Waals surface area contributed by atoms with Crippen molar-refractivity contribution in [2.24, 2.45) is 0 Å². The van der Waals surface area contributed by atoms with Crippen LogP contribution in [0.4, 0.5) is 0 Å². The summed E-state index contributed by atoms with van der Waals surface area (Å²) >= 11 is 0. The Bertz CT molecular complexity index is 723. The van der Waals surface area contributed by atoms with Gasteiger partial charge in [0.2, 0.25) is 0 Å². The van der Waals surface area contributed by atoms with Gasteiger partial charge in [0.25, 0.3) is 0 Å². The largest absolute Gasteiger partial charge is 0.463 e. The Balaban J connectivity index is 3.09. The van der Waals surface area contributed by atoms with Crippen molar-refractivity contribution in [1.29, 1.82) is 0 Å². The monoisotopic (exact) mass is 426 g/mol. The smallest absolute Gasteiger partial charge is 0.331 e. The molecule has 0 aromatic carbocycles. The van der Waals surface area contributed by atoms with Gasteiger partial charge in [-0.2, -0.15) is 0 Å². The fraction of sp³-hybridized carbons (Fsp3) is 0.550. The first-order valence-electron chi connectivity index (χ1n) is 9.24. The number of rotatable bonds is 9. The molecule has 0 aliphatic carbocycles. The minimum Gasteiger partial charge on any atom is -0.463 e.